The molecule has 0 fully saturated rings. The van der Waals surface area contributed by atoms with Crippen LogP contribution in [0.5, 0.6) is 0 Å². The molecule has 0 saturated heterocycles. The topological polar surface area (TPSA) is 29.3 Å². The summed E-state index contributed by atoms with van der Waals surface area (Å²) in [5.41, 5.74) is 5.47. The number of hydrogen-bond acceptors (Lipinski definition) is 2. The lowest BCUT2D eigenvalue weighted by molar-refractivity contribution is 0.254. The maximum atomic E-state index is 5.47. The number of nitrogens with two attached hydrogens (primary N) is 1. The monoisotopic (exact) mass is 595 g/mol. The second-order valence-corrected chi connectivity index (χ2v) is 13.5. The molecule has 0 aliphatic rings. The predicted octanol–water partition coefficient (Wildman–Crippen LogP) is 13.8. The van der Waals surface area contributed by atoms with Gasteiger partial charge in [-0.2, -0.15) is 0 Å². The molecule has 0 spiro atoms. The molecule has 0 radical (unpaired) electrons. The van der Waals surface area contributed by atoms with Crippen LogP contribution in [0.15, 0.2) is 0 Å². The maximum Gasteiger partial charge on any atom is -0.00187 e. The van der Waals surface area contributed by atoms with Crippen molar-refractivity contribution in [3.8, 4) is 0 Å². The predicted molar refractivity (Wildman–Crippen MR) is 196 cm³/mol. The Labute approximate surface area is 269 Å². The first-order chi connectivity index (χ1) is 20.8. The number of rotatable bonds is 35. The van der Waals surface area contributed by atoms with Crippen molar-refractivity contribution in [1.82, 2.24) is 4.90 Å². The maximum absolute atomic E-state index is 5.47. The van der Waals surface area contributed by atoms with Gasteiger partial charge in [-0.3, -0.25) is 0 Å². The standard InChI is InChI=1S/C24H51N.C16H35N/c1-4-7-10-13-16-19-22-25(23-20-17-14-11-8-5-2)24-21-18-15-12-9-6-3;1-2-3-4-5-6-7-8-9-10-11-12-13-14-15-16-17/h4-24H2,1-3H3;2-17H2,1H3. The van der Waals surface area contributed by atoms with Gasteiger partial charge in [-0.15, -0.1) is 0 Å². The Morgan fingerprint density at radius 3 is 0.667 bits per heavy atom. The second kappa shape index (κ2) is 43.0. The van der Waals surface area contributed by atoms with Gasteiger partial charge >= 0.3 is 0 Å². The fourth-order valence-corrected chi connectivity index (χ4v) is 6.02. The first-order valence-corrected chi connectivity index (χ1v) is 20.2. The molecule has 0 atom stereocenters. The molecular formula is C40H86N2. The normalized spacial score (nSPS) is 11.3. The van der Waals surface area contributed by atoms with E-state index in [4.69, 9.17) is 5.73 Å². The first-order valence-electron chi connectivity index (χ1n) is 20.2. The van der Waals surface area contributed by atoms with Crippen LogP contribution in [0.1, 0.15) is 233 Å². The molecule has 0 rings (SSSR count). The van der Waals surface area contributed by atoms with Gasteiger partial charge in [0.2, 0.25) is 0 Å². The van der Waals surface area contributed by atoms with Crippen molar-refractivity contribution in [2.75, 3.05) is 26.2 Å². The van der Waals surface area contributed by atoms with Crippen LogP contribution in [0.2, 0.25) is 0 Å². The van der Waals surface area contributed by atoms with E-state index < -0.39 is 0 Å². The highest BCUT2D eigenvalue weighted by Crippen LogP contribution is 2.13. The van der Waals surface area contributed by atoms with Crippen molar-refractivity contribution >= 4 is 0 Å². The molecule has 2 heteroatoms. The van der Waals surface area contributed by atoms with Crippen LogP contribution in [-0.4, -0.2) is 31.1 Å². The van der Waals surface area contributed by atoms with E-state index in [-0.39, 0.29) is 0 Å². The Kier molecular flexibility index (Phi) is 45.1. The van der Waals surface area contributed by atoms with Crippen molar-refractivity contribution in [3.05, 3.63) is 0 Å². The molecule has 2 N–H and O–H groups in total. The van der Waals surface area contributed by atoms with Crippen molar-refractivity contribution in [1.29, 1.82) is 0 Å². The molecule has 0 amide bonds. The van der Waals surface area contributed by atoms with E-state index in [2.05, 4.69) is 32.6 Å². The molecule has 0 aromatic heterocycles. The van der Waals surface area contributed by atoms with Gasteiger partial charge in [0.1, 0.15) is 0 Å². The fourth-order valence-electron chi connectivity index (χ4n) is 6.02. The van der Waals surface area contributed by atoms with Crippen LogP contribution in [0.3, 0.4) is 0 Å². The van der Waals surface area contributed by atoms with E-state index >= 15 is 0 Å². The zero-order valence-electron chi connectivity index (χ0n) is 30.5. The molecule has 0 bridgehead atoms. The molecule has 0 aliphatic heterocycles. The summed E-state index contributed by atoms with van der Waals surface area (Å²) < 4.78 is 0. The third kappa shape index (κ3) is 42.1. The molecule has 2 nitrogen and oxygen atoms in total. The third-order valence-corrected chi connectivity index (χ3v) is 9.04. The van der Waals surface area contributed by atoms with Gasteiger partial charge < -0.3 is 10.6 Å². The smallest absolute Gasteiger partial charge is 0.00187 e. The molecule has 42 heavy (non-hydrogen) atoms. The van der Waals surface area contributed by atoms with Crippen LogP contribution in [0, 0.1) is 0 Å². The van der Waals surface area contributed by atoms with Crippen molar-refractivity contribution < 1.29 is 0 Å². The summed E-state index contributed by atoms with van der Waals surface area (Å²) in [4.78, 5) is 2.79. The number of nitrogens with zero attached hydrogens (tertiary/aromatic N) is 1. The highest BCUT2D eigenvalue weighted by Gasteiger charge is 2.05. The summed E-state index contributed by atoms with van der Waals surface area (Å²) in [6, 6.07) is 0. The van der Waals surface area contributed by atoms with Crippen LogP contribution in [0.25, 0.3) is 0 Å². The van der Waals surface area contributed by atoms with Gasteiger partial charge in [-0.1, -0.05) is 207 Å². The molecule has 0 aromatic rings. The van der Waals surface area contributed by atoms with E-state index in [9.17, 15) is 0 Å². The summed E-state index contributed by atoms with van der Waals surface area (Å²) in [5.74, 6) is 0. The molecule has 0 unspecified atom stereocenters. The quantitative estimate of drug-likeness (QED) is 0.0739. The summed E-state index contributed by atoms with van der Waals surface area (Å²) >= 11 is 0. The Bertz CT molecular complexity index is 372. The molecule has 0 saturated carbocycles. The average Bonchev–Trinajstić information content (AvgIpc) is 3.00. The van der Waals surface area contributed by atoms with Gasteiger partial charge in [-0.25, -0.2) is 0 Å². The van der Waals surface area contributed by atoms with Crippen LogP contribution in [-0.2, 0) is 0 Å². The summed E-state index contributed by atoms with van der Waals surface area (Å²) in [5, 5.41) is 0. The summed E-state index contributed by atoms with van der Waals surface area (Å²) in [6.07, 6.45) is 45.6. The summed E-state index contributed by atoms with van der Waals surface area (Å²) in [7, 11) is 0. The molecule has 0 aromatic carbocycles. The minimum Gasteiger partial charge on any atom is -0.330 e. The lowest BCUT2D eigenvalue weighted by Crippen LogP contribution is -2.27. The Morgan fingerprint density at radius 2 is 0.452 bits per heavy atom. The number of hydrogen-bond donors (Lipinski definition) is 1. The van der Waals surface area contributed by atoms with Crippen molar-refractivity contribution in [2.45, 2.75) is 233 Å². The van der Waals surface area contributed by atoms with Crippen molar-refractivity contribution in [2.24, 2.45) is 5.73 Å². The van der Waals surface area contributed by atoms with Crippen LogP contribution in [0.4, 0.5) is 0 Å². The van der Waals surface area contributed by atoms with E-state index in [0.717, 1.165) is 6.54 Å². The first kappa shape index (κ1) is 44.0. The minimum atomic E-state index is 0.873. The van der Waals surface area contributed by atoms with E-state index in [1.807, 2.05) is 0 Å². The van der Waals surface area contributed by atoms with Gasteiger partial charge in [0, 0.05) is 0 Å². The average molecular weight is 595 g/mol. The fraction of sp³-hybridized carbons (Fsp3) is 1.00. The molecule has 0 heterocycles. The van der Waals surface area contributed by atoms with Gasteiger partial charge in [0.25, 0.3) is 0 Å². The largest absolute Gasteiger partial charge is 0.330 e. The van der Waals surface area contributed by atoms with Gasteiger partial charge in [-0.05, 0) is 51.9 Å². The lowest BCUT2D eigenvalue weighted by atomic mass is 10.0. The SMILES string of the molecule is CCCCCCCCCCCCCCCCN.CCCCCCCCN(CCCCCCCC)CCCCCCCC. The van der Waals surface area contributed by atoms with Crippen LogP contribution < -0.4 is 5.73 Å². The third-order valence-electron chi connectivity index (χ3n) is 9.04. The van der Waals surface area contributed by atoms with Gasteiger partial charge in [0.15, 0.2) is 0 Å². The second-order valence-electron chi connectivity index (χ2n) is 13.5. The lowest BCUT2D eigenvalue weighted by Gasteiger charge is -2.22. The van der Waals surface area contributed by atoms with Crippen LogP contribution >= 0.6 is 0 Å². The Morgan fingerprint density at radius 1 is 0.262 bits per heavy atom. The Hall–Kier alpha value is -0.0800. The zero-order chi connectivity index (χ0) is 31.0. The Balaban J connectivity index is 0. The van der Waals surface area contributed by atoms with E-state index in [1.54, 1.807) is 0 Å². The van der Waals surface area contributed by atoms with E-state index in [0.29, 0.717) is 0 Å². The molecule has 0 aliphatic carbocycles. The minimum absolute atomic E-state index is 0.873. The van der Waals surface area contributed by atoms with Gasteiger partial charge in [0.05, 0.1) is 0 Å². The zero-order valence-corrected chi connectivity index (χ0v) is 30.5. The number of unbranched alkanes of at least 4 members (excludes halogenated alkanes) is 28. The van der Waals surface area contributed by atoms with Crippen molar-refractivity contribution in [3.63, 3.8) is 0 Å². The molecular weight excluding hydrogens is 508 g/mol. The summed E-state index contributed by atoms with van der Waals surface area (Å²) in [6.45, 7) is 14.2. The highest BCUT2D eigenvalue weighted by atomic mass is 15.1. The molecule has 256 valence electrons. The van der Waals surface area contributed by atoms with E-state index in [1.165, 1.54) is 225 Å². The highest BCUT2D eigenvalue weighted by molar-refractivity contribution is 4.60.